The minimum Gasteiger partial charge on any atom is -0.465 e. The van der Waals surface area contributed by atoms with Crippen molar-refractivity contribution in [3.05, 3.63) is 0 Å². The summed E-state index contributed by atoms with van der Waals surface area (Å²) in [5.74, 6) is 1.55. The Balaban J connectivity index is 2.72. The molecule has 0 aromatic heterocycles. The van der Waals surface area contributed by atoms with Crippen molar-refractivity contribution in [1.29, 1.82) is 0 Å². The molecule has 1 rings (SSSR count). The zero-order chi connectivity index (χ0) is 13.2. The van der Waals surface area contributed by atoms with E-state index in [1.54, 1.807) is 0 Å². The van der Waals surface area contributed by atoms with E-state index < -0.39 is 0 Å². The Labute approximate surface area is 106 Å². The molecule has 3 unspecified atom stereocenters. The van der Waals surface area contributed by atoms with Gasteiger partial charge in [0.2, 0.25) is 0 Å². The number of carbonyl (C=O) groups is 1. The van der Waals surface area contributed by atoms with Crippen LogP contribution in [0.2, 0.25) is 0 Å². The van der Waals surface area contributed by atoms with E-state index in [0.717, 1.165) is 6.42 Å². The first-order valence-electron chi connectivity index (χ1n) is 6.92. The number of hydrogen-bond acceptors (Lipinski definition) is 2. The Morgan fingerprint density at radius 3 is 2.47 bits per heavy atom. The summed E-state index contributed by atoms with van der Waals surface area (Å²) < 4.78 is 5.46. The maximum atomic E-state index is 12.3. The summed E-state index contributed by atoms with van der Waals surface area (Å²) in [6.45, 7) is 13.6. The molecule has 1 saturated carbocycles. The molecule has 0 N–H and O–H groups in total. The van der Waals surface area contributed by atoms with Gasteiger partial charge in [0.15, 0.2) is 0 Å². The lowest BCUT2D eigenvalue weighted by Crippen LogP contribution is -2.43. The summed E-state index contributed by atoms with van der Waals surface area (Å²) in [7, 11) is 0. The average Bonchev–Trinajstić information content (AvgIpc) is 2.21. The number of esters is 1. The van der Waals surface area contributed by atoms with E-state index in [0.29, 0.717) is 24.4 Å². The fourth-order valence-electron chi connectivity index (χ4n) is 2.93. The lowest BCUT2D eigenvalue weighted by Gasteiger charge is -2.44. The maximum Gasteiger partial charge on any atom is 0.309 e. The first-order chi connectivity index (χ1) is 7.75. The molecule has 2 heteroatoms. The van der Waals surface area contributed by atoms with E-state index in [1.165, 1.54) is 6.42 Å². The zero-order valence-corrected chi connectivity index (χ0v) is 12.2. The molecule has 0 bridgehead atoms. The number of carbonyl (C=O) groups excluding carboxylic acids is 1. The van der Waals surface area contributed by atoms with Crippen LogP contribution < -0.4 is 0 Å². The lowest BCUT2D eigenvalue weighted by molar-refractivity contribution is -0.160. The fraction of sp³-hybridized carbons (Fsp3) is 0.933. The largest absolute Gasteiger partial charge is 0.465 e. The van der Waals surface area contributed by atoms with E-state index in [4.69, 9.17) is 4.74 Å². The maximum absolute atomic E-state index is 12.3. The molecule has 1 aliphatic rings. The van der Waals surface area contributed by atoms with E-state index >= 15 is 0 Å². The highest BCUT2D eigenvalue weighted by Gasteiger charge is 2.45. The van der Waals surface area contributed by atoms with Crippen LogP contribution in [0.15, 0.2) is 0 Å². The minimum absolute atomic E-state index is 0.0164. The van der Waals surface area contributed by atoms with Crippen molar-refractivity contribution < 1.29 is 9.53 Å². The molecule has 0 saturated heterocycles. The minimum atomic E-state index is 0.0164. The van der Waals surface area contributed by atoms with Crippen LogP contribution in [-0.4, -0.2) is 12.6 Å². The Hall–Kier alpha value is -0.530. The summed E-state index contributed by atoms with van der Waals surface area (Å²) in [4.78, 5) is 12.3. The van der Waals surface area contributed by atoms with Crippen molar-refractivity contribution in [3.63, 3.8) is 0 Å². The van der Waals surface area contributed by atoms with Gasteiger partial charge in [-0.1, -0.05) is 41.5 Å². The SMILES string of the molecule is CC(C)COC(=O)C1C(C)C(C)CCC1(C)C. The van der Waals surface area contributed by atoms with Crippen molar-refractivity contribution in [3.8, 4) is 0 Å². The molecule has 0 heterocycles. The molecule has 0 aliphatic heterocycles. The summed E-state index contributed by atoms with van der Waals surface area (Å²) in [5.41, 5.74) is 0.0833. The number of ether oxygens (including phenoxy) is 1. The van der Waals surface area contributed by atoms with Crippen molar-refractivity contribution in [2.24, 2.45) is 29.1 Å². The Morgan fingerprint density at radius 1 is 1.35 bits per heavy atom. The second-order valence-corrected chi connectivity index (χ2v) is 6.87. The molecular formula is C15H28O2. The van der Waals surface area contributed by atoms with Crippen molar-refractivity contribution in [1.82, 2.24) is 0 Å². The third-order valence-corrected chi connectivity index (χ3v) is 4.32. The van der Waals surface area contributed by atoms with E-state index in [-0.39, 0.29) is 17.3 Å². The first kappa shape index (κ1) is 14.5. The molecule has 0 aromatic rings. The Morgan fingerprint density at radius 2 is 1.94 bits per heavy atom. The van der Waals surface area contributed by atoms with Gasteiger partial charge < -0.3 is 4.74 Å². The highest BCUT2D eigenvalue weighted by Crippen LogP contribution is 2.46. The summed E-state index contributed by atoms with van der Waals surface area (Å²) in [6.07, 6.45) is 2.35. The third kappa shape index (κ3) is 3.46. The smallest absolute Gasteiger partial charge is 0.309 e. The summed E-state index contributed by atoms with van der Waals surface area (Å²) in [6, 6.07) is 0. The first-order valence-corrected chi connectivity index (χ1v) is 6.92. The quantitative estimate of drug-likeness (QED) is 0.699. The van der Waals surface area contributed by atoms with Gasteiger partial charge in [0.1, 0.15) is 0 Å². The molecule has 1 fully saturated rings. The third-order valence-electron chi connectivity index (χ3n) is 4.32. The molecule has 2 nitrogen and oxygen atoms in total. The van der Waals surface area contributed by atoms with Gasteiger partial charge in [-0.25, -0.2) is 0 Å². The topological polar surface area (TPSA) is 26.3 Å². The summed E-state index contributed by atoms with van der Waals surface area (Å²) in [5, 5.41) is 0. The Bertz CT molecular complexity index is 268. The molecule has 1 aliphatic carbocycles. The average molecular weight is 240 g/mol. The van der Waals surface area contributed by atoms with Crippen molar-refractivity contribution >= 4 is 5.97 Å². The second-order valence-electron chi connectivity index (χ2n) is 6.87. The van der Waals surface area contributed by atoms with Crippen LogP contribution in [0.25, 0.3) is 0 Å². The van der Waals surface area contributed by atoms with E-state index in [9.17, 15) is 4.79 Å². The van der Waals surface area contributed by atoms with Crippen LogP contribution in [0, 0.1) is 29.1 Å². The van der Waals surface area contributed by atoms with Gasteiger partial charge in [-0.15, -0.1) is 0 Å². The van der Waals surface area contributed by atoms with Crippen molar-refractivity contribution in [2.75, 3.05) is 6.61 Å². The van der Waals surface area contributed by atoms with Crippen LogP contribution in [0.5, 0.6) is 0 Å². The zero-order valence-electron chi connectivity index (χ0n) is 12.2. The highest BCUT2D eigenvalue weighted by molar-refractivity contribution is 5.74. The van der Waals surface area contributed by atoms with Crippen LogP contribution in [0.4, 0.5) is 0 Å². The number of rotatable bonds is 3. The molecular weight excluding hydrogens is 212 g/mol. The predicted molar refractivity (Wildman–Crippen MR) is 70.6 cm³/mol. The highest BCUT2D eigenvalue weighted by atomic mass is 16.5. The second kappa shape index (κ2) is 5.41. The van der Waals surface area contributed by atoms with Gasteiger partial charge in [-0.2, -0.15) is 0 Å². The molecule has 0 amide bonds. The Kier molecular flexibility index (Phi) is 4.62. The van der Waals surface area contributed by atoms with Gasteiger partial charge >= 0.3 is 5.97 Å². The molecule has 0 radical (unpaired) electrons. The van der Waals surface area contributed by atoms with Gasteiger partial charge in [0.05, 0.1) is 12.5 Å². The van der Waals surface area contributed by atoms with E-state index in [1.807, 2.05) is 0 Å². The molecule has 0 spiro atoms. The standard InChI is InChI=1S/C15H28O2/c1-10(2)9-17-14(16)13-12(4)11(3)7-8-15(13,5)6/h10-13H,7-9H2,1-6H3. The molecule has 100 valence electrons. The predicted octanol–water partition coefficient (Wildman–Crippen LogP) is 3.89. The molecule has 0 aromatic carbocycles. The van der Waals surface area contributed by atoms with Gasteiger partial charge in [-0.05, 0) is 36.0 Å². The van der Waals surface area contributed by atoms with Crippen LogP contribution in [0.1, 0.15) is 54.4 Å². The summed E-state index contributed by atoms with van der Waals surface area (Å²) >= 11 is 0. The molecule has 17 heavy (non-hydrogen) atoms. The molecule has 3 atom stereocenters. The normalized spacial score (nSPS) is 32.5. The van der Waals surface area contributed by atoms with Gasteiger partial charge in [0, 0.05) is 0 Å². The lowest BCUT2D eigenvalue weighted by atomic mass is 9.61. The van der Waals surface area contributed by atoms with Gasteiger partial charge in [-0.3, -0.25) is 4.79 Å². The van der Waals surface area contributed by atoms with Crippen LogP contribution >= 0.6 is 0 Å². The van der Waals surface area contributed by atoms with E-state index in [2.05, 4.69) is 41.5 Å². The van der Waals surface area contributed by atoms with Gasteiger partial charge in [0.25, 0.3) is 0 Å². The van der Waals surface area contributed by atoms with Crippen LogP contribution in [0.3, 0.4) is 0 Å². The number of hydrogen-bond donors (Lipinski definition) is 0. The van der Waals surface area contributed by atoms with Crippen molar-refractivity contribution in [2.45, 2.75) is 54.4 Å². The monoisotopic (exact) mass is 240 g/mol. The fourth-order valence-corrected chi connectivity index (χ4v) is 2.93. The van der Waals surface area contributed by atoms with Crippen LogP contribution in [-0.2, 0) is 9.53 Å².